The van der Waals surface area contributed by atoms with Gasteiger partial charge in [0.25, 0.3) is 0 Å². The van der Waals surface area contributed by atoms with Gasteiger partial charge in [0.15, 0.2) is 0 Å². The molecule has 1 saturated carbocycles. The first kappa shape index (κ1) is 14.2. The topological polar surface area (TPSA) is 21.3 Å². The van der Waals surface area contributed by atoms with E-state index >= 15 is 0 Å². The molecule has 0 radical (unpaired) electrons. The summed E-state index contributed by atoms with van der Waals surface area (Å²) >= 11 is 2.08. The third-order valence-electron chi connectivity index (χ3n) is 5.14. The van der Waals surface area contributed by atoms with Gasteiger partial charge < -0.3 is 10.1 Å². The highest BCUT2D eigenvalue weighted by Crippen LogP contribution is 2.38. The van der Waals surface area contributed by atoms with Crippen molar-refractivity contribution in [3.05, 3.63) is 0 Å². The van der Waals surface area contributed by atoms with E-state index in [1.807, 2.05) is 0 Å². The van der Waals surface area contributed by atoms with Crippen LogP contribution in [0.3, 0.4) is 0 Å². The van der Waals surface area contributed by atoms with E-state index in [9.17, 15) is 0 Å². The molecule has 19 heavy (non-hydrogen) atoms. The molecule has 1 N–H and O–H groups in total. The summed E-state index contributed by atoms with van der Waals surface area (Å²) in [5.74, 6) is 2.53. The minimum atomic E-state index is 0.238. The molecular weight excluding hydrogens is 254 g/mol. The maximum absolute atomic E-state index is 6.13. The average Bonchev–Trinajstić information content (AvgIpc) is 2.81. The largest absolute Gasteiger partial charge is 0.374 e. The van der Waals surface area contributed by atoms with E-state index in [2.05, 4.69) is 17.1 Å². The van der Waals surface area contributed by atoms with Gasteiger partial charge in [-0.3, -0.25) is 0 Å². The van der Waals surface area contributed by atoms with Gasteiger partial charge in [-0.1, -0.05) is 32.1 Å². The molecule has 3 aliphatic rings. The first-order valence-electron chi connectivity index (χ1n) is 8.34. The molecule has 0 amide bonds. The van der Waals surface area contributed by atoms with E-state index in [1.165, 1.54) is 75.7 Å². The number of hydrogen-bond donors (Lipinski definition) is 1. The van der Waals surface area contributed by atoms with E-state index < -0.39 is 0 Å². The van der Waals surface area contributed by atoms with E-state index in [4.69, 9.17) is 4.74 Å². The lowest BCUT2D eigenvalue weighted by Crippen LogP contribution is -2.50. The van der Waals surface area contributed by atoms with Crippen LogP contribution in [0.1, 0.15) is 64.2 Å². The van der Waals surface area contributed by atoms with Crippen LogP contribution in [0.25, 0.3) is 0 Å². The van der Waals surface area contributed by atoms with E-state index in [1.54, 1.807) is 0 Å². The summed E-state index contributed by atoms with van der Waals surface area (Å²) in [6, 6.07) is 1.51. The first-order valence-corrected chi connectivity index (χ1v) is 9.50. The molecule has 110 valence electrons. The lowest BCUT2D eigenvalue weighted by molar-refractivity contribution is -0.0716. The quantitative estimate of drug-likeness (QED) is 0.834. The summed E-state index contributed by atoms with van der Waals surface area (Å²) in [6.07, 6.45) is 13.8. The maximum atomic E-state index is 6.13. The van der Waals surface area contributed by atoms with Crippen molar-refractivity contribution in [1.82, 2.24) is 5.32 Å². The highest BCUT2D eigenvalue weighted by Gasteiger charge is 2.40. The molecular formula is C16H29NOS. The lowest BCUT2D eigenvalue weighted by atomic mass is 9.88. The summed E-state index contributed by atoms with van der Waals surface area (Å²) in [7, 11) is 0. The lowest BCUT2D eigenvalue weighted by Gasteiger charge is -2.39. The van der Waals surface area contributed by atoms with Gasteiger partial charge in [0.1, 0.15) is 0 Å². The zero-order valence-electron chi connectivity index (χ0n) is 12.2. The van der Waals surface area contributed by atoms with Crippen LogP contribution in [0.4, 0.5) is 0 Å². The van der Waals surface area contributed by atoms with E-state index in [0.717, 1.165) is 18.7 Å². The predicted octanol–water partition coefficient (Wildman–Crippen LogP) is 3.74. The molecule has 2 atom stereocenters. The molecule has 1 spiro atoms. The van der Waals surface area contributed by atoms with Crippen LogP contribution in [0.15, 0.2) is 0 Å². The van der Waals surface area contributed by atoms with Crippen molar-refractivity contribution in [3.63, 3.8) is 0 Å². The van der Waals surface area contributed by atoms with Crippen molar-refractivity contribution in [2.24, 2.45) is 0 Å². The first-order chi connectivity index (χ1) is 9.36. The van der Waals surface area contributed by atoms with Crippen LogP contribution >= 0.6 is 11.8 Å². The molecule has 3 rings (SSSR count). The van der Waals surface area contributed by atoms with Crippen LogP contribution in [-0.2, 0) is 4.74 Å². The molecule has 0 aromatic rings. The molecule has 2 unspecified atom stereocenters. The van der Waals surface area contributed by atoms with Gasteiger partial charge in [0, 0.05) is 24.4 Å². The third kappa shape index (κ3) is 3.89. The zero-order valence-corrected chi connectivity index (χ0v) is 13.0. The summed E-state index contributed by atoms with van der Waals surface area (Å²) < 4.78 is 6.13. The summed E-state index contributed by atoms with van der Waals surface area (Å²) in [5.41, 5.74) is 0.238. The Morgan fingerprint density at radius 3 is 2.47 bits per heavy atom. The van der Waals surface area contributed by atoms with Crippen molar-refractivity contribution in [2.45, 2.75) is 81.9 Å². The molecule has 0 aromatic carbocycles. The number of thioether (sulfide) groups is 1. The Hall–Kier alpha value is 0.270. The van der Waals surface area contributed by atoms with Gasteiger partial charge in [-0.25, -0.2) is 0 Å². The molecule has 1 aliphatic carbocycles. The Bertz CT molecular complexity index is 270. The van der Waals surface area contributed by atoms with E-state index in [-0.39, 0.29) is 5.60 Å². The smallest absolute Gasteiger partial charge is 0.0795 e. The third-order valence-corrected chi connectivity index (χ3v) is 6.36. The summed E-state index contributed by atoms with van der Waals surface area (Å²) in [6.45, 7) is 0.977. The second-order valence-electron chi connectivity index (χ2n) is 6.73. The monoisotopic (exact) mass is 283 g/mol. The van der Waals surface area contributed by atoms with Gasteiger partial charge in [0.2, 0.25) is 0 Å². The van der Waals surface area contributed by atoms with Crippen LogP contribution < -0.4 is 5.32 Å². The van der Waals surface area contributed by atoms with Gasteiger partial charge in [0.05, 0.1) is 5.60 Å². The fourth-order valence-electron chi connectivity index (χ4n) is 3.99. The Morgan fingerprint density at radius 1 is 0.947 bits per heavy atom. The van der Waals surface area contributed by atoms with Crippen molar-refractivity contribution in [2.75, 3.05) is 18.1 Å². The van der Waals surface area contributed by atoms with Crippen LogP contribution in [0, 0.1) is 0 Å². The van der Waals surface area contributed by atoms with Crippen molar-refractivity contribution < 1.29 is 4.74 Å². The van der Waals surface area contributed by atoms with Crippen molar-refractivity contribution in [3.8, 4) is 0 Å². The van der Waals surface area contributed by atoms with Crippen LogP contribution in [-0.4, -0.2) is 35.8 Å². The summed E-state index contributed by atoms with van der Waals surface area (Å²) in [5, 5.41) is 3.99. The number of hydrogen-bond acceptors (Lipinski definition) is 3. The van der Waals surface area contributed by atoms with Gasteiger partial charge in [-0.05, 0) is 37.9 Å². The Morgan fingerprint density at radius 2 is 1.74 bits per heavy atom. The van der Waals surface area contributed by atoms with Gasteiger partial charge in [-0.2, -0.15) is 11.8 Å². The molecule has 3 fully saturated rings. The van der Waals surface area contributed by atoms with Crippen LogP contribution in [0.2, 0.25) is 0 Å². The molecule has 0 aromatic heterocycles. The number of rotatable bonds is 2. The number of nitrogens with one attached hydrogen (secondary N) is 1. The van der Waals surface area contributed by atoms with E-state index in [0.29, 0.717) is 0 Å². The highest BCUT2D eigenvalue weighted by atomic mass is 32.2. The Labute approximate surface area is 122 Å². The minimum absolute atomic E-state index is 0.238. The molecule has 2 nitrogen and oxygen atoms in total. The molecule has 0 bridgehead atoms. The SMILES string of the molecule is C1CCCC(NC2CCOC3(CCSC3)C2)CCC1. The normalized spacial score (nSPS) is 38.2. The zero-order chi connectivity index (χ0) is 13.0. The standard InChI is InChI=1S/C16H29NOS/c1-2-4-6-14(7-5-3-1)17-15-8-10-18-16(12-15)9-11-19-13-16/h14-15,17H,1-13H2. The predicted molar refractivity (Wildman–Crippen MR) is 82.9 cm³/mol. The molecule has 2 saturated heterocycles. The van der Waals surface area contributed by atoms with Gasteiger partial charge >= 0.3 is 0 Å². The van der Waals surface area contributed by atoms with Crippen molar-refractivity contribution in [1.29, 1.82) is 0 Å². The summed E-state index contributed by atoms with van der Waals surface area (Å²) in [4.78, 5) is 0. The molecule has 2 heterocycles. The molecule has 3 heteroatoms. The maximum Gasteiger partial charge on any atom is 0.0795 e. The Kier molecular flexibility index (Phi) is 5.10. The molecule has 2 aliphatic heterocycles. The second kappa shape index (κ2) is 6.82. The second-order valence-corrected chi connectivity index (χ2v) is 7.84. The minimum Gasteiger partial charge on any atom is -0.374 e. The number of ether oxygens (including phenoxy) is 1. The van der Waals surface area contributed by atoms with Gasteiger partial charge in [-0.15, -0.1) is 0 Å². The fraction of sp³-hybridized carbons (Fsp3) is 1.00. The highest BCUT2D eigenvalue weighted by molar-refractivity contribution is 7.99. The van der Waals surface area contributed by atoms with Crippen LogP contribution in [0.5, 0.6) is 0 Å². The van der Waals surface area contributed by atoms with Crippen molar-refractivity contribution >= 4 is 11.8 Å². The average molecular weight is 283 g/mol. The Balaban J connectivity index is 1.50. The fourth-order valence-corrected chi connectivity index (χ4v) is 5.37.